The zero-order chi connectivity index (χ0) is 13.7. The first-order valence-corrected chi connectivity index (χ1v) is 7.46. The lowest BCUT2D eigenvalue weighted by atomic mass is 10.2. The Kier molecular flexibility index (Phi) is 2.71. The fourth-order valence-corrected chi connectivity index (χ4v) is 3.18. The third-order valence-electron chi connectivity index (χ3n) is 2.95. The molecule has 0 radical (unpaired) electrons. The van der Waals surface area contributed by atoms with Crippen LogP contribution in [-0.4, -0.2) is 21.9 Å². The van der Waals surface area contributed by atoms with Crippen molar-refractivity contribution in [1.82, 2.24) is 5.01 Å². The first-order chi connectivity index (χ1) is 9.67. The molecular weight excluding hydrogens is 345 g/mol. The molecular formula is C13H7BrFN3OS. The minimum Gasteiger partial charge on any atom is -0.454 e. The van der Waals surface area contributed by atoms with Gasteiger partial charge in [0.15, 0.2) is 5.76 Å². The topological polar surface area (TPSA) is 41.1 Å². The molecule has 2 bridgehead atoms. The first-order valence-electron chi connectivity index (χ1n) is 5.85. The molecule has 0 amide bonds. The number of halogens is 2. The Hall–Kier alpha value is -1.60. The summed E-state index contributed by atoms with van der Waals surface area (Å²) in [5.74, 6) is 0.651. The maximum Gasteiger partial charge on any atom is 0.270 e. The maximum absolute atomic E-state index is 13.2. The highest BCUT2D eigenvalue weighted by molar-refractivity contribution is 9.10. The number of thioether (sulfide) groups is 1. The van der Waals surface area contributed by atoms with Gasteiger partial charge in [-0.05, 0) is 36.0 Å². The molecule has 0 unspecified atom stereocenters. The van der Waals surface area contributed by atoms with Crippen molar-refractivity contribution in [3.8, 4) is 0 Å². The molecule has 100 valence electrons. The van der Waals surface area contributed by atoms with E-state index < -0.39 is 5.30 Å². The molecule has 7 heteroatoms. The molecule has 0 spiro atoms. The molecule has 0 N–H and O–H groups in total. The van der Waals surface area contributed by atoms with Crippen LogP contribution in [0, 0.1) is 0 Å². The van der Waals surface area contributed by atoms with Crippen LogP contribution < -0.4 is 0 Å². The van der Waals surface area contributed by atoms with E-state index in [1.54, 1.807) is 6.20 Å². The van der Waals surface area contributed by atoms with Gasteiger partial charge in [0, 0.05) is 9.86 Å². The second-order valence-corrected chi connectivity index (χ2v) is 6.29. The molecule has 20 heavy (non-hydrogen) atoms. The van der Waals surface area contributed by atoms with Crippen molar-refractivity contribution in [1.29, 1.82) is 0 Å². The van der Waals surface area contributed by atoms with Crippen molar-refractivity contribution in [3.05, 3.63) is 40.7 Å². The van der Waals surface area contributed by atoms with Crippen LogP contribution in [0.4, 0.5) is 4.39 Å². The average molecular weight is 352 g/mol. The maximum atomic E-state index is 13.2. The molecule has 4 rings (SSSR count). The van der Waals surface area contributed by atoms with Crippen LogP contribution in [0.25, 0.3) is 16.7 Å². The minimum atomic E-state index is -0.487. The highest BCUT2D eigenvalue weighted by Crippen LogP contribution is 2.32. The number of hydrogen-bond acceptors (Lipinski definition) is 5. The van der Waals surface area contributed by atoms with Gasteiger partial charge in [0.05, 0.1) is 12.7 Å². The molecule has 1 aromatic carbocycles. The highest BCUT2D eigenvalue weighted by Gasteiger charge is 2.23. The van der Waals surface area contributed by atoms with Crippen LogP contribution in [-0.2, 0) is 0 Å². The Labute approximate surface area is 126 Å². The molecule has 0 aliphatic carbocycles. The van der Waals surface area contributed by atoms with Crippen LogP contribution in [0.3, 0.4) is 0 Å². The summed E-state index contributed by atoms with van der Waals surface area (Å²) < 4.78 is 19.9. The smallest absolute Gasteiger partial charge is 0.270 e. The average Bonchev–Trinajstić information content (AvgIpc) is 2.80. The molecule has 2 aliphatic heterocycles. The van der Waals surface area contributed by atoms with E-state index in [4.69, 9.17) is 4.42 Å². The van der Waals surface area contributed by atoms with Crippen LogP contribution in [0.1, 0.15) is 5.76 Å². The van der Waals surface area contributed by atoms with E-state index in [2.05, 4.69) is 26.0 Å². The standard InChI is InChI=1S/C13H7BrFN3OS/c14-8-1-2-10-7(3-8)4-11(19-10)9-5-18-6-12(16-9)20-13(15)17-18/h1-5H,6H2. The van der Waals surface area contributed by atoms with Gasteiger partial charge in [0.1, 0.15) is 16.3 Å². The SMILES string of the molecule is FC1=NN2C=C(c3cc4cc(Br)ccc4o3)N=C(C2)S1. The summed E-state index contributed by atoms with van der Waals surface area (Å²) >= 11 is 4.38. The summed E-state index contributed by atoms with van der Waals surface area (Å²) in [5.41, 5.74) is 1.44. The summed E-state index contributed by atoms with van der Waals surface area (Å²) in [6.45, 7) is 0.507. The fourth-order valence-electron chi connectivity index (χ4n) is 2.12. The van der Waals surface area contributed by atoms with E-state index in [1.807, 2.05) is 24.3 Å². The van der Waals surface area contributed by atoms with E-state index in [0.717, 1.165) is 27.2 Å². The van der Waals surface area contributed by atoms with Crippen LogP contribution in [0.2, 0.25) is 0 Å². The van der Waals surface area contributed by atoms with Gasteiger partial charge < -0.3 is 4.42 Å². The number of rotatable bonds is 1. The molecule has 3 heterocycles. The lowest BCUT2D eigenvalue weighted by Gasteiger charge is -2.23. The zero-order valence-electron chi connectivity index (χ0n) is 10.0. The van der Waals surface area contributed by atoms with Crippen molar-refractivity contribution in [2.75, 3.05) is 6.54 Å². The van der Waals surface area contributed by atoms with Gasteiger partial charge in [-0.3, -0.25) is 5.01 Å². The van der Waals surface area contributed by atoms with E-state index in [0.29, 0.717) is 23.0 Å². The lowest BCUT2D eigenvalue weighted by Crippen LogP contribution is -2.27. The van der Waals surface area contributed by atoms with Gasteiger partial charge in [0.25, 0.3) is 5.30 Å². The molecule has 0 atom stereocenters. The minimum absolute atomic E-state index is 0.487. The molecule has 0 saturated carbocycles. The summed E-state index contributed by atoms with van der Waals surface area (Å²) in [6, 6.07) is 7.72. The Morgan fingerprint density at radius 3 is 3.10 bits per heavy atom. The number of hydrogen-bond donors (Lipinski definition) is 0. The van der Waals surface area contributed by atoms with Crippen molar-refractivity contribution < 1.29 is 8.81 Å². The zero-order valence-corrected chi connectivity index (χ0v) is 12.4. The third kappa shape index (κ3) is 2.06. The van der Waals surface area contributed by atoms with Crippen molar-refractivity contribution in [2.45, 2.75) is 0 Å². The summed E-state index contributed by atoms with van der Waals surface area (Å²) in [6.07, 6.45) is 1.69. The normalized spacial score (nSPS) is 17.9. The molecule has 1 aromatic heterocycles. The van der Waals surface area contributed by atoms with Crippen LogP contribution >= 0.6 is 27.7 Å². The fraction of sp³-hybridized carbons (Fsp3) is 0.0769. The van der Waals surface area contributed by atoms with Gasteiger partial charge >= 0.3 is 0 Å². The van der Waals surface area contributed by atoms with Crippen LogP contribution in [0.15, 0.2) is 49.4 Å². The van der Waals surface area contributed by atoms with E-state index in [-0.39, 0.29) is 0 Å². The molecule has 2 aromatic rings. The van der Waals surface area contributed by atoms with Gasteiger partial charge in [0.2, 0.25) is 0 Å². The van der Waals surface area contributed by atoms with Crippen molar-refractivity contribution in [3.63, 3.8) is 0 Å². The van der Waals surface area contributed by atoms with E-state index >= 15 is 0 Å². The molecule has 0 saturated heterocycles. The largest absolute Gasteiger partial charge is 0.454 e. The molecule has 0 fully saturated rings. The predicted octanol–water partition coefficient (Wildman–Crippen LogP) is 4.20. The summed E-state index contributed by atoms with van der Waals surface area (Å²) in [7, 11) is 0. The Bertz CT molecular complexity index is 811. The number of hydrazone groups is 1. The Balaban J connectivity index is 1.80. The quantitative estimate of drug-likeness (QED) is 0.773. The van der Waals surface area contributed by atoms with E-state index in [1.165, 1.54) is 5.01 Å². The monoisotopic (exact) mass is 351 g/mol. The number of fused-ring (bicyclic) bond motifs is 3. The van der Waals surface area contributed by atoms with Gasteiger partial charge in [-0.2, -0.15) is 4.39 Å². The van der Waals surface area contributed by atoms with Crippen LogP contribution in [0.5, 0.6) is 0 Å². The van der Waals surface area contributed by atoms with Crippen molar-refractivity contribution in [2.24, 2.45) is 10.1 Å². The Morgan fingerprint density at radius 1 is 1.35 bits per heavy atom. The summed E-state index contributed by atoms with van der Waals surface area (Å²) in [4.78, 5) is 4.41. The predicted molar refractivity (Wildman–Crippen MR) is 82.2 cm³/mol. The van der Waals surface area contributed by atoms with Crippen molar-refractivity contribution >= 4 is 54.7 Å². The Morgan fingerprint density at radius 2 is 2.25 bits per heavy atom. The van der Waals surface area contributed by atoms with Gasteiger partial charge in [-0.25, -0.2) is 4.99 Å². The first kappa shape index (κ1) is 12.2. The lowest BCUT2D eigenvalue weighted by molar-refractivity contribution is 0.444. The second-order valence-electron chi connectivity index (χ2n) is 4.37. The van der Waals surface area contributed by atoms with Gasteiger partial charge in [-0.15, -0.1) is 5.10 Å². The molecule has 4 nitrogen and oxygen atoms in total. The van der Waals surface area contributed by atoms with E-state index in [9.17, 15) is 4.39 Å². The third-order valence-corrected chi connectivity index (χ3v) is 4.15. The summed E-state index contributed by atoms with van der Waals surface area (Å²) in [5, 5.41) is 6.50. The number of aliphatic imine (C=N–C) groups is 1. The van der Waals surface area contributed by atoms with Gasteiger partial charge in [-0.1, -0.05) is 15.9 Å². The highest BCUT2D eigenvalue weighted by atomic mass is 79.9. The number of nitrogens with zero attached hydrogens (tertiary/aromatic N) is 3. The molecule has 2 aliphatic rings. The number of furan rings is 1. The second kappa shape index (κ2) is 4.46. The number of benzene rings is 1.